The van der Waals surface area contributed by atoms with E-state index in [0.717, 1.165) is 57.2 Å². The molecule has 0 N–H and O–H groups in total. The number of carbonyl (C=O) groups excluding carboxylic acids is 2. The summed E-state index contributed by atoms with van der Waals surface area (Å²) in [5.41, 5.74) is 0.534. The summed E-state index contributed by atoms with van der Waals surface area (Å²) in [5.74, 6) is 3.59. The van der Waals surface area contributed by atoms with E-state index in [4.69, 9.17) is 0 Å². The van der Waals surface area contributed by atoms with E-state index in [2.05, 4.69) is 37.9 Å². The zero-order valence-electron chi connectivity index (χ0n) is 18.3. The monoisotopic (exact) mass is 484 g/mol. The maximum atomic E-state index is 12.6. The minimum absolute atomic E-state index is 0.170. The van der Waals surface area contributed by atoms with E-state index in [0.29, 0.717) is 0 Å². The lowest BCUT2D eigenvalue weighted by Crippen LogP contribution is -2.06. The number of thioether (sulfide) groups is 4. The molecule has 0 radical (unpaired) electrons. The van der Waals surface area contributed by atoms with Gasteiger partial charge in [-0.1, -0.05) is 27.7 Å². The van der Waals surface area contributed by atoms with Gasteiger partial charge < -0.3 is 0 Å². The molecule has 0 amide bonds. The number of nitrogens with zero attached hydrogens (tertiary/aromatic N) is 2. The lowest BCUT2D eigenvalue weighted by molar-refractivity contribution is 0.102. The number of allylic oxidation sites excluding steroid dienone is 2. The van der Waals surface area contributed by atoms with Crippen molar-refractivity contribution in [2.45, 2.75) is 53.4 Å². The predicted molar refractivity (Wildman–Crippen MR) is 138 cm³/mol. The Balaban J connectivity index is 2.88. The summed E-state index contributed by atoms with van der Waals surface area (Å²) in [4.78, 5) is 25.1. The molecule has 0 saturated carbocycles. The van der Waals surface area contributed by atoms with Crippen molar-refractivity contribution in [2.75, 3.05) is 23.0 Å². The highest BCUT2D eigenvalue weighted by atomic mass is 32.2. The van der Waals surface area contributed by atoms with Crippen molar-refractivity contribution in [1.82, 2.24) is 10.2 Å². The standard InChI is InChI=1S/C22H32N2O2S4/c1-5-11-27-21(28-12-6-2)15-19(25)17-9-10-18(24-23-17)20(26)16-22(29-13-7-3)30-14-8-4/h9-10,15-16H,5-8,11-14H2,1-4H3. The van der Waals surface area contributed by atoms with Crippen LogP contribution in [-0.2, 0) is 0 Å². The topological polar surface area (TPSA) is 59.9 Å². The van der Waals surface area contributed by atoms with Gasteiger partial charge in [0, 0.05) is 20.6 Å². The smallest absolute Gasteiger partial charge is 0.207 e. The van der Waals surface area contributed by atoms with Gasteiger partial charge in [-0.25, -0.2) is 0 Å². The molecule has 0 saturated heterocycles. The van der Waals surface area contributed by atoms with Gasteiger partial charge in [0.1, 0.15) is 11.4 Å². The van der Waals surface area contributed by atoms with Gasteiger partial charge in [0.15, 0.2) is 0 Å². The van der Waals surface area contributed by atoms with Gasteiger partial charge in [-0.3, -0.25) is 9.59 Å². The third-order valence-corrected chi connectivity index (χ3v) is 8.93. The summed E-state index contributed by atoms with van der Waals surface area (Å²) in [6.45, 7) is 8.50. The maximum Gasteiger partial charge on any atom is 0.207 e. The van der Waals surface area contributed by atoms with Crippen LogP contribution in [0.25, 0.3) is 0 Å². The molecule has 166 valence electrons. The Morgan fingerprint density at radius 1 is 0.667 bits per heavy atom. The van der Waals surface area contributed by atoms with E-state index < -0.39 is 0 Å². The molecule has 1 heterocycles. The van der Waals surface area contributed by atoms with Crippen LogP contribution in [0.1, 0.15) is 74.4 Å². The quantitative estimate of drug-likeness (QED) is 0.182. The first-order chi connectivity index (χ1) is 14.5. The summed E-state index contributed by atoms with van der Waals surface area (Å²) in [6.07, 6.45) is 7.52. The van der Waals surface area contributed by atoms with Gasteiger partial charge in [0.25, 0.3) is 0 Å². The first kappa shape index (κ1) is 27.3. The molecule has 1 aromatic heterocycles. The van der Waals surface area contributed by atoms with Crippen molar-refractivity contribution in [3.63, 3.8) is 0 Å². The van der Waals surface area contributed by atoms with Crippen LogP contribution in [0.2, 0.25) is 0 Å². The van der Waals surface area contributed by atoms with Crippen LogP contribution in [0, 0.1) is 0 Å². The van der Waals surface area contributed by atoms with Gasteiger partial charge >= 0.3 is 0 Å². The molecule has 8 heteroatoms. The SMILES string of the molecule is CCCSC(=CC(=O)c1ccc(C(=O)C=C(SCCC)SCCC)nn1)SCCC. The van der Waals surface area contributed by atoms with Crippen molar-refractivity contribution in [3.8, 4) is 0 Å². The summed E-state index contributed by atoms with van der Waals surface area (Å²) in [6, 6.07) is 3.19. The highest BCUT2D eigenvalue weighted by molar-refractivity contribution is 8.22. The maximum absolute atomic E-state index is 12.6. The lowest BCUT2D eigenvalue weighted by atomic mass is 10.2. The fourth-order valence-electron chi connectivity index (χ4n) is 2.02. The number of rotatable bonds is 16. The van der Waals surface area contributed by atoms with E-state index in [9.17, 15) is 9.59 Å². The van der Waals surface area contributed by atoms with E-state index in [1.807, 2.05) is 0 Å². The van der Waals surface area contributed by atoms with Gasteiger partial charge in [0.2, 0.25) is 11.6 Å². The van der Waals surface area contributed by atoms with Crippen molar-refractivity contribution < 1.29 is 9.59 Å². The van der Waals surface area contributed by atoms with Gasteiger partial charge in [-0.15, -0.1) is 57.2 Å². The molecule has 1 aromatic rings. The fraction of sp³-hybridized carbons (Fsp3) is 0.545. The molecule has 0 atom stereocenters. The normalized spacial score (nSPS) is 10.5. The molecule has 0 unspecified atom stereocenters. The minimum Gasteiger partial charge on any atom is -0.287 e. The number of ketones is 2. The van der Waals surface area contributed by atoms with Crippen LogP contribution < -0.4 is 0 Å². The third-order valence-electron chi connectivity index (χ3n) is 3.46. The lowest BCUT2D eigenvalue weighted by Gasteiger charge is -2.06. The highest BCUT2D eigenvalue weighted by Gasteiger charge is 2.12. The van der Waals surface area contributed by atoms with Crippen LogP contribution >= 0.6 is 47.0 Å². The second-order valence-corrected chi connectivity index (χ2v) is 11.4. The molecule has 0 aromatic carbocycles. The predicted octanol–water partition coefficient (Wildman–Crippen LogP) is 7.10. The molecule has 0 aliphatic carbocycles. The van der Waals surface area contributed by atoms with Crippen LogP contribution in [0.4, 0.5) is 0 Å². The Kier molecular flexibility index (Phi) is 15.4. The van der Waals surface area contributed by atoms with Crippen molar-refractivity contribution >= 4 is 58.6 Å². The van der Waals surface area contributed by atoms with Crippen molar-refractivity contribution in [1.29, 1.82) is 0 Å². The zero-order chi connectivity index (χ0) is 22.2. The van der Waals surface area contributed by atoms with Crippen LogP contribution in [0.5, 0.6) is 0 Å². The molecule has 0 spiro atoms. The highest BCUT2D eigenvalue weighted by Crippen LogP contribution is 2.30. The third kappa shape index (κ3) is 11.1. The van der Waals surface area contributed by atoms with Gasteiger partial charge in [0.05, 0.1) is 0 Å². The van der Waals surface area contributed by atoms with Gasteiger partial charge in [-0.2, -0.15) is 0 Å². The Hall–Kier alpha value is -0.700. The zero-order valence-corrected chi connectivity index (χ0v) is 21.6. The largest absolute Gasteiger partial charge is 0.287 e. The summed E-state index contributed by atoms with van der Waals surface area (Å²) < 4.78 is 2.03. The Morgan fingerprint density at radius 3 is 1.20 bits per heavy atom. The van der Waals surface area contributed by atoms with Gasteiger partial charge in [-0.05, 0) is 60.8 Å². The first-order valence-corrected chi connectivity index (χ1v) is 14.4. The van der Waals surface area contributed by atoms with E-state index >= 15 is 0 Å². The second-order valence-electron chi connectivity index (χ2n) is 6.35. The van der Waals surface area contributed by atoms with Crippen LogP contribution in [-0.4, -0.2) is 44.8 Å². The molecule has 4 nitrogen and oxygen atoms in total. The molecule has 1 rings (SSSR count). The number of hydrogen-bond acceptors (Lipinski definition) is 8. The Bertz CT molecular complexity index is 637. The van der Waals surface area contributed by atoms with Crippen molar-refractivity contribution in [2.24, 2.45) is 0 Å². The number of aromatic nitrogens is 2. The Morgan fingerprint density at radius 2 is 0.967 bits per heavy atom. The molecule has 0 fully saturated rings. The number of hydrogen-bond donors (Lipinski definition) is 0. The van der Waals surface area contributed by atoms with Crippen LogP contribution in [0.3, 0.4) is 0 Å². The second kappa shape index (κ2) is 16.9. The molecule has 0 aliphatic heterocycles. The molecule has 30 heavy (non-hydrogen) atoms. The molecule has 0 aliphatic rings. The van der Waals surface area contributed by atoms with E-state index in [-0.39, 0.29) is 23.0 Å². The summed E-state index contributed by atoms with van der Waals surface area (Å²) in [7, 11) is 0. The van der Waals surface area contributed by atoms with E-state index in [1.54, 1.807) is 71.3 Å². The minimum atomic E-state index is -0.170. The fourth-order valence-corrected chi connectivity index (χ4v) is 6.07. The van der Waals surface area contributed by atoms with E-state index in [1.165, 1.54) is 0 Å². The molecular weight excluding hydrogens is 453 g/mol. The Labute approximate surface area is 198 Å². The molecule has 0 bridgehead atoms. The van der Waals surface area contributed by atoms with Crippen molar-refractivity contribution in [3.05, 3.63) is 44.1 Å². The average molecular weight is 485 g/mol. The number of carbonyl (C=O) groups is 2. The summed E-state index contributed by atoms with van der Waals surface area (Å²) in [5, 5.41) is 8.04. The van der Waals surface area contributed by atoms with Crippen LogP contribution in [0.15, 0.2) is 32.8 Å². The first-order valence-electron chi connectivity index (χ1n) is 10.4. The summed E-state index contributed by atoms with van der Waals surface area (Å²) >= 11 is 6.80. The molecular formula is C22H32N2O2S4. The average Bonchev–Trinajstić information content (AvgIpc) is 2.77.